The second-order valence-corrected chi connectivity index (χ2v) is 11.1. The van der Waals surface area contributed by atoms with E-state index in [9.17, 15) is 14.4 Å². The number of amides is 3. The summed E-state index contributed by atoms with van der Waals surface area (Å²) < 4.78 is 0. The first-order valence-electron chi connectivity index (χ1n) is 14.0. The van der Waals surface area contributed by atoms with Crippen molar-refractivity contribution in [3.63, 3.8) is 0 Å². The van der Waals surface area contributed by atoms with Gasteiger partial charge in [0.2, 0.25) is 5.91 Å². The maximum absolute atomic E-state index is 13.2. The molecule has 0 atom stereocenters. The van der Waals surface area contributed by atoms with Gasteiger partial charge in [-0.05, 0) is 82.2 Å². The SMILES string of the molecule is Cc1cccc(C(=O)Nc2cc(C(=O)NC3CCC(N)CC3)ccc2N2CCCN(C(=O)C3CC3)CC2)c1. The number of rotatable bonds is 6. The number of carbonyl (C=O) groups is 3. The average Bonchev–Trinajstić information content (AvgIpc) is 3.77. The zero-order valence-corrected chi connectivity index (χ0v) is 22.2. The molecule has 8 nitrogen and oxygen atoms in total. The number of nitrogens with one attached hydrogen (secondary N) is 2. The Morgan fingerprint density at radius 3 is 2.34 bits per heavy atom. The van der Waals surface area contributed by atoms with Crippen molar-refractivity contribution in [3.05, 3.63) is 59.2 Å². The Morgan fingerprint density at radius 1 is 0.842 bits per heavy atom. The lowest BCUT2D eigenvalue weighted by Crippen LogP contribution is -2.40. The van der Waals surface area contributed by atoms with Crippen LogP contribution in [0.1, 0.15) is 71.2 Å². The number of nitrogens with zero attached hydrogens (tertiary/aromatic N) is 2. The Morgan fingerprint density at radius 2 is 1.61 bits per heavy atom. The number of aryl methyl sites for hydroxylation is 1. The molecule has 1 aliphatic heterocycles. The van der Waals surface area contributed by atoms with Crippen LogP contribution < -0.4 is 21.3 Å². The molecule has 3 fully saturated rings. The smallest absolute Gasteiger partial charge is 0.255 e. The summed E-state index contributed by atoms with van der Waals surface area (Å²) in [6, 6.07) is 13.3. The molecule has 38 heavy (non-hydrogen) atoms. The molecule has 0 unspecified atom stereocenters. The summed E-state index contributed by atoms with van der Waals surface area (Å²) >= 11 is 0. The highest BCUT2D eigenvalue weighted by molar-refractivity contribution is 6.07. The van der Waals surface area contributed by atoms with Crippen LogP contribution in [0.3, 0.4) is 0 Å². The van der Waals surface area contributed by atoms with Crippen molar-refractivity contribution in [2.45, 2.75) is 64.0 Å². The van der Waals surface area contributed by atoms with Crippen LogP contribution in [0.4, 0.5) is 11.4 Å². The standard InChI is InChI=1S/C30H39N5O3/c1-20-4-2-5-22(18-20)29(37)33-26-19-23(28(36)32-25-11-9-24(31)10-12-25)8-13-27(26)34-14-3-15-35(17-16-34)30(38)21-6-7-21/h2,4-5,8,13,18-19,21,24-25H,3,6-7,9-12,14-17,31H2,1H3,(H,32,36)(H,33,37). The summed E-state index contributed by atoms with van der Waals surface area (Å²) in [7, 11) is 0. The molecule has 3 amide bonds. The molecule has 202 valence electrons. The summed E-state index contributed by atoms with van der Waals surface area (Å²) in [6.45, 7) is 4.82. The summed E-state index contributed by atoms with van der Waals surface area (Å²) in [5.74, 6) is 0.133. The molecule has 5 rings (SSSR count). The highest BCUT2D eigenvalue weighted by Crippen LogP contribution is 2.33. The number of hydrogen-bond acceptors (Lipinski definition) is 5. The second-order valence-electron chi connectivity index (χ2n) is 11.1. The number of carbonyl (C=O) groups excluding carboxylic acids is 3. The first kappa shape index (κ1) is 26.2. The fourth-order valence-electron chi connectivity index (χ4n) is 5.53. The lowest BCUT2D eigenvalue weighted by molar-refractivity contribution is -0.132. The third-order valence-corrected chi connectivity index (χ3v) is 7.97. The number of hydrogen-bond donors (Lipinski definition) is 3. The zero-order chi connectivity index (χ0) is 26.6. The van der Waals surface area contributed by atoms with Gasteiger partial charge in [-0.1, -0.05) is 17.7 Å². The van der Waals surface area contributed by atoms with E-state index in [1.54, 1.807) is 12.1 Å². The molecule has 0 radical (unpaired) electrons. The third kappa shape index (κ3) is 6.35. The van der Waals surface area contributed by atoms with E-state index in [4.69, 9.17) is 5.73 Å². The van der Waals surface area contributed by atoms with Crippen molar-refractivity contribution in [2.75, 3.05) is 36.4 Å². The Balaban J connectivity index is 1.36. The van der Waals surface area contributed by atoms with E-state index in [1.165, 1.54) is 0 Å². The molecule has 2 aromatic carbocycles. The molecule has 2 aliphatic carbocycles. The normalized spacial score (nSPS) is 21.9. The van der Waals surface area contributed by atoms with Gasteiger partial charge in [0.25, 0.3) is 11.8 Å². The van der Waals surface area contributed by atoms with E-state index in [2.05, 4.69) is 15.5 Å². The third-order valence-electron chi connectivity index (χ3n) is 7.97. The van der Waals surface area contributed by atoms with Crippen LogP contribution in [0.5, 0.6) is 0 Å². The molecule has 8 heteroatoms. The summed E-state index contributed by atoms with van der Waals surface area (Å²) in [5.41, 5.74) is 9.59. The minimum absolute atomic E-state index is 0.118. The van der Waals surface area contributed by atoms with Crippen molar-refractivity contribution in [2.24, 2.45) is 11.7 Å². The van der Waals surface area contributed by atoms with Crippen molar-refractivity contribution >= 4 is 29.1 Å². The van der Waals surface area contributed by atoms with Gasteiger partial charge in [0.05, 0.1) is 11.4 Å². The lowest BCUT2D eigenvalue weighted by Gasteiger charge is -2.28. The van der Waals surface area contributed by atoms with E-state index in [0.717, 1.165) is 69.3 Å². The van der Waals surface area contributed by atoms with Crippen molar-refractivity contribution in [3.8, 4) is 0 Å². The summed E-state index contributed by atoms with van der Waals surface area (Å²) in [6.07, 6.45) is 6.46. The largest absolute Gasteiger partial charge is 0.368 e. The summed E-state index contributed by atoms with van der Waals surface area (Å²) in [4.78, 5) is 43.2. The molecule has 2 saturated carbocycles. The molecule has 0 spiro atoms. The van der Waals surface area contributed by atoms with Gasteiger partial charge < -0.3 is 26.2 Å². The maximum Gasteiger partial charge on any atom is 0.255 e. The van der Waals surface area contributed by atoms with E-state index in [1.807, 2.05) is 42.2 Å². The van der Waals surface area contributed by atoms with Gasteiger partial charge in [-0.2, -0.15) is 0 Å². The highest BCUT2D eigenvalue weighted by atomic mass is 16.2. The molecule has 1 heterocycles. The molecule has 0 aromatic heterocycles. The van der Waals surface area contributed by atoms with Gasteiger partial charge in [-0.15, -0.1) is 0 Å². The average molecular weight is 518 g/mol. The predicted molar refractivity (Wildman–Crippen MR) is 149 cm³/mol. The van der Waals surface area contributed by atoms with Gasteiger partial charge in [0.15, 0.2) is 0 Å². The Bertz CT molecular complexity index is 1190. The van der Waals surface area contributed by atoms with Gasteiger partial charge in [-0.3, -0.25) is 14.4 Å². The molecule has 2 aromatic rings. The second kappa shape index (κ2) is 11.6. The van der Waals surface area contributed by atoms with Crippen molar-refractivity contribution in [1.82, 2.24) is 10.2 Å². The van der Waals surface area contributed by atoms with Crippen LogP contribution in [0, 0.1) is 12.8 Å². The van der Waals surface area contributed by atoms with Crippen molar-refractivity contribution < 1.29 is 14.4 Å². The van der Waals surface area contributed by atoms with Crippen LogP contribution in [0.2, 0.25) is 0 Å². The molecule has 4 N–H and O–H groups in total. The molecular weight excluding hydrogens is 478 g/mol. The summed E-state index contributed by atoms with van der Waals surface area (Å²) in [5, 5.41) is 6.24. The predicted octanol–water partition coefficient (Wildman–Crippen LogP) is 3.70. The quantitative estimate of drug-likeness (QED) is 0.542. The van der Waals surface area contributed by atoms with Crippen LogP contribution in [0.25, 0.3) is 0 Å². The van der Waals surface area contributed by atoms with Gasteiger partial charge in [0.1, 0.15) is 0 Å². The molecular formula is C30H39N5O3. The fourth-order valence-corrected chi connectivity index (χ4v) is 5.53. The van der Waals surface area contributed by atoms with Crippen LogP contribution in [-0.4, -0.2) is 60.9 Å². The van der Waals surface area contributed by atoms with Crippen LogP contribution >= 0.6 is 0 Å². The van der Waals surface area contributed by atoms with E-state index < -0.39 is 0 Å². The van der Waals surface area contributed by atoms with Crippen LogP contribution in [-0.2, 0) is 4.79 Å². The Hall–Kier alpha value is -3.39. The minimum atomic E-state index is -0.214. The van der Waals surface area contributed by atoms with E-state index >= 15 is 0 Å². The zero-order valence-electron chi connectivity index (χ0n) is 22.2. The van der Waals surface area contributed by atoms with Gasteiger partial charge in [-0.25, -0.2) is 0 Å². The topological polar surface area (TPSA) is 108 Å². The molecule has 1 saturated heterocycles. The van der Waals surface area contributed by atoms with Crippen molar-refractivity contribution in [1.29, 1.82) is 0 Å². The molecule has 0 bridgehead atoms. The highest BCUT2D eigenvalue weighted by Gasteiger charge is 2.34. The fraction of sp³-hybridized carbons (Fsp3) is 0.500. The number of anilines is 2. The first-order valence-corrected chi connectivity index (χ1v) is 14.0. The number of benzene rings is 2. The Kier molecular flexibility index (Phi) is 7.98. The minimum Gasteiger partial charge on any atom is -0.368 e. The van der Waals surface area contributed by atoms with Crippen LogP contribution in [0.15, 0.2) is 42.5 Å². The lowest BCUT2D eigenvalue weighted by atomic mass is 9.91. The monoisotopic (exact) mass is 517 g/mol. The van der Waals surface area contributed by atoms with Gasteiger partial charge >= 0.3 is 0 Å². The van der Waals surface area contributed by atoms with E-state index in [0.29, 0.717) is 29.9 Å². The molecule has 3 aliphatic rings. The maximum atomic E-state index is 13.2. The van der Waals surface area contributed by atoms with E-state index in [-0.39, 0.29) is 35.7 Å². The van der Waals surface area contributed by atoms with Gasteiger partial charge in [0, 0.05) is 55.3 Å². The first-order chi connectivity index (χ1) is 18.4. The number of nitrogens with two attached hydrogens (primary N) is 1. The Labute approximate surface area is 224 Å².